The Kier molecular flexibility index (Phi) is 15.6. The topological polar surface area (TPSA) is 130 Å². The maximum Gasteiger partial charge on any atom is 0.472 e. The van der Waals surface area contributed by atoms with Gasteiger partial charge in [-0.2, -0.15) is 0 Å². The zero-order valence-electron chi connectivity index (χ0n) is 19.9. The fraction of sp³-hybridized carbons (Fsp3) is 0.955. The molecule has 1 aliphatic heterocycles. The van der Waals surface area contributed by atoms with Crippen LogP contribution >= 0.6 is 7.82 Å². The number of carbonyl (C=O) groups excluding carboxylic acids is 1. The van der Waals surface area contributed by atoms with E-state index in [0.717, 1.165) is 38.5 Å². The van der Waals surface area contributed by atoms with Crippen molar-refractivity contribution in [2.75, 3.05) is 33.0 Å². The van der Waals surface area contributed by atoms with Gasteiger partial charge in [0.2, 0.25) is 0 Å². The number of ether oxygens (including phenoxy) is 3. The molecule has 1 unspecified atom stereocenters. The summed E-state index contributed by atoms with van der Waals surface area (Å²) in [5, 5.41) is 0. The molecule has 0 aromatic carbocycles. The Labute approximate surface area is 193 Å². The maximum atomic E-state index is 12.1. The molecule has 9 nitrogen and oxygen atoms in total. The van der Waals surface area contributed by atoms with E-state index in [1.165, 1.54) is 32.1 Å². The standard InChI is InChI=1S/C22H44NO8P/c1-3-5-7-8-9-10-12-14-22(19-28-22)27-17-20(31-21(24)13-11-6-4-2)18-30-32(25,26)29-16-15-23/h20H,3-19,23H2,1-2H3,(H,25,26)/t20-,22-/m1/s1. The Balaban J connectivity index is 2.44. The molecule has 1 rings (SSSR count). The Morgan fingerprint density at radius 1 is 1.03 bits per heavy atom. The van der Waals surface area contributed by atoms with Crippen LogP contribution in [0.1, 0.15) is 90.9 Å². The highest BCUT2D eigenvalue weighted by Gasteiger charge is 2.46. The first-order chi connectivity index (χ1) is 15.4. The quantitative estimate of drug-likeness (QED) is 0.0996. The van der Waals surface area contributed by atoms with Crippen molar-refractivity contribution < 1.29 is 37.5 Å². The Morgan fingerprint density at radius 2 is 1.66 bits per heavy atom. The van der Waals surface area contributed by atoms with Crippen LogP contribution in [0.15, 0.2) is 0 Å². The minimum atomic E-state index is -4.27. The number of phosphoric ester groups is 1. The van der Waals surface area contributed by atoms with Crippen molar-refractivity contribution in [3.63, 3.8) is 0 Å². The summed E-state index contributed by atoms with van der Waals surface area (Å²) in [6, 6.07) is 0. The van der Waals surface area contributed by atoms with E-state index in [9.17, 15) is 14.3 Å². The molecule has 32 heavy (non-hydrogen) atoms. The Morgan fingerprint density at radius 3 is 2.28 bits per heavy atom. The molecular weight excluding hydrogens is 437 g/mol. The molecule has 0 aromatic heterocycles. The van der Waals surface area contributed by atoms with Crippen LogP contribution in [0.2, 0.25) is 0 Å². The van der Waals surface area contributed by atoms with Gasteiger partial charge in [-0.05, 0) is 12.8 Å². The number of esters is 1. The molecule has 0 aliphatic carbocycles. The molecule has 3 N–H and O–H groups in total. The lowest BCUT2D eigenvalue weighted by Gasteiger charge is -2.22. The highest BCUT2D eigenvalue weighted by atomic mass is 31.2. The highest BCUT2D eigenvalue weighted by molar-refractivity contribution is 7.47. The molecule has 10 heteroatoms. The third kappa shape index (κ3) is 14.6. The summed E-state index contributed by atoms with van der Waals surface area (Å²) in [6.45, 7) is 4.44. The number of rotatable bonds is 22. The fourth-order valence-electron chi connectivity index (χ4n) is 3.24. The molecule has 1 saturated heterocycles. The first-order valence-corrected chi connectivity index (χ1v) is 13.6. The second-order valence-electron chi connectivity index (χ2n) is 8.34. The number of epoxide rings is 1. The van der Waals surface area contributed by atoms with Gasteiger partial charge in [0.15, 0.2) is 5.79 Å². The molecule has 0 aromatic rings. The van der Waals surface area contributed by atoms with Gasteiger partial charge in [0.1, 0.15) is 12.7 Å². The molecule has 0 amide bonds. The molecule has 1 aliphatic rings. The lowest BCUT2D eigenvalue weighted by atomic mass is 10.1. The predicted octanol–water partition coefficient (Wildman–Crippen LogP) is 4.45. The number of unbranched alkanes of at least 4 members (excludes halogenated alkanes) is 8. The average Bonchev–Trinajstić information content (AvgIpc) is 3.54. The van der Waals surface area contributed by atoms with E-state index in [-0.39, 0.29) is 38.8 Å². The number of carbonyl (C=O) groups is 1. The minimum Gasteiger partial charge on any atom is -0.457 e. The fourth-order valence-corrected chi connectivity index (χ4v) is 4.00. The van der Waals surface area contributed by atoms with Gasteiger partial charge >= 0.3 is 13.8 Å². The number of phosphoric acid groups is 1. The number of hydrogen-bond acceptors (Lipinski definition) is 8. The maximum absolute atomic E-state index is 12.1. The molecule has 0 saturated carbocycles. The van der Waals surface area contributed by atoms with E-state index < -0.39 is 19.7 Å². The van der Waals surface area contributed by atoms with Crippen LogP contribution in [0.5, 0.6) is 0 Å². The largest absolute Gasteiger partial charge is 0.472 e. The van der Waals surface area contributed by atoms with Crippen molar-refractivity contribution in [1.82, 2.24) is 0 Å². The van der Waals surface area contributed by atoms with Gasteiger partial charge in [0.25, 0.3) is 0 Å². The van der Waals surface area contributed by atoms with Crippen molar-refractivity contribution >= 4 is 13.8 Å². The Hall–Kier alpha value is -0.540. The summed E-state index contributed by atoms with van der Waals surface area (Å²) in [5.41, 5.74) is 5.28. The van der Waals surface area contributed by atoms with Crippen molar-refractivity contribution in [2.24, 2.45) is 5.73 Å². The summed E-state index contributed by atoms with van der Waals surface area (Å²) in [5.74, 6) is -1.03. The van der Waals surface area contributed by atoms with Crippen molar-refractivity contribution in [3.05, 3.63) is 0 Å². The molecule has 0 spiro atoms. The van der Waals surface area contributed by atoms with E-state index in [4.69, 9.17) is 29.0 Å². The lowest BCUT2D eigenvalue weighted by Crippen LogP contribution is -2.31. The molecule has 190 valence electrons. The highest BCUT2D eigenvalue weighted by Crippen LogP contribution is 2.43. The summed E-state index contributed by atoms with van der Waals surface area (Å²) in [7, 11) is -4.27. The van der Waals surface area contributed by atoms with E-state index in [1.54, 1.807) is 0 Å². The summed E-state index contributed by atoms with van der Waals surface area (Å²) in [6.07, 6.45) is 11.3. The summed E-state index contributed by atoms with van der Waals surface area (Å²) >= 11 is 0. The van der Waals surface area contributed by atoms with Gasteiger partial charge in [-0.1, -0.05) is 65.2 Å². The van der Waals surface area contributed by atoms with Gasteiger partial charge in [0, 0.05) is 19.4 Å². The SMILES string of the molecule is CCCCCCCCC[C@]1(OC[C@H](COP(=O)(O)OCCN)OC(=O)CCCCC)CO1. The van der Waals surface area contributed by atoms with Crippen molar-refractivity contribution in [1.29, 1.82) is 0 Å². The van der Waals surface area contributed by atoms with Crippen LogP contribution in [0.4, 0.5) is 0 Å². The van der Waals surface area contributed by atoms with Crippen LogP contribution in [0.25, 0.3) is 0 Å². The predicted molar refractivity (Wildman–Crippen MR) is 122 cm³/mol. The lowest BCUT2D eigenvalue weighted by molar-refractivity contribution is -0.160. The van der Waals surface area contributed by atoms with E-state index in [2.05, 4.69) is 13.8 Å². The van der Waals surface area contributed by atoms with E-state index in [1.807, 2.05) is 0 Å². The monoisotopic (exact) mass is 481 g/mol. The molecule has 0 radical (unpaired) electrons. The Bertz CT molecular complexity index is 544. The molecular formula is C22H44NO8P. The van der Waals surface area contributed by atoms with Gasteiger partial charge in [-0.25, -0.2) is 4.57 Å². The third-order valence-electron chi connectivity index (χ3n) is 5.24. The van der Waals surface area contributed by atoms with Gasteiger partial charge < -0.3 is 24.8 Å². The molecule has 1 heterocycles. The van der Waals surface area contributed by atoms with E-state index in [0.29, 0.717) is 6.61 Å². The van der Waals surface area contributed by atoms with Crippen LogP contribution in [0, 0.1) is 0 Å². The van der Waals surface area contributed by atoms with Gasteiger partial charge in [-0.15, -0.1) is 0 Å². The van der Waals surface area contributed by atoms with Crippen LogP contribution in [0.3, 0.4) is 0 Å². The van der Waals surface area contributed by atoms with Crippen LogP contribution in [-0.4, -0.2) is 55.7 Å². The second-order valence-corrected chi connectivity index (χ2v) is 9.79. The molecule has 3 atom stereocenters. The average molecular weight is 482 g/mol. The smallest absolute Gasteiger partial charge is 0.457 e. The zero-order chi connectivity index (χ0) is 23.7. The number of nitrogens with two attached hydrogens (primary N) is 1. The third-order valence-corrected chi connectivity index (χ3v) is 6.22. The molecule has 0 bridgehead atoms. The number of hydrogen-bond donors (Lipinski definition) is 2. The summed E-state index contributed by atoms with van der Waals surface area (Å²) < 4.78 is 38.5. The van der Waals surface area contributed by atoms with Gasteiger partial charge in [-0.3, -0.25) is 13.8 Å². The molecule has 1 fully saturated rings. The van der Waals surface area contributed by atoms with Crippen molar-refractivity contribution in [3.8, 4) is 0 Å². The van der Waals surface area contributed by atoms with E-state index >= 15 is 0 Å². The summed E-state index contributed by atoms with van der Waals surface area (Å²) in [4.78, 5) is 21.9. The minimum absolute atomic E-state index is 0.0207. The zero-order valence-corrected chi connectivity index (χ0v) is 20.8. The van der Waals surface area contributed by atoms with Gasteiger partial charge in [0.05, 0.1) is 19.8 Å². The van der Waals surface area contributed by atoms with Crippen LogP contribution < -0.4 is 5.73 Å². The van der Waals surface area contributed by atoms with Crippen LogP contribution in [-0.2, 0) is 32.6 Å². The first-order valence-electron chi connectivity index (χ1n) is 12.2. The van der Waals surface area contributed by atoms with Crippen molar-refractivity contribution in [2.45, 2.75) is 103 Å². The normalized spacial score (nSPS) is 20.6. The second kappa shape index (κ2) is 17.0. The first kappa shape index (κ1) is 29.5.